The Morgan fingerprint density at radius 1 is 1.24 bits per heavy atom. The molecule has 1 fully saturated rings. The Labute approximate surface area is 144 Å². The molecule has 0 spiro atoms. The SMILES string of the molecule is O=C(NCC1CCCN1c1nc2ccccc2o1)c1ccccc1F. The number of benzene rings is 2. The van der Waals surface area contributed by atoms with Crippen LogP contribution in [0.2, 0.25) is 0 Å². The minimum atomic E-state index is -0.512. The number of hydrogen-bond acceptors (Lipinski definition) is 4. The molecule has 4 rings (SSSR count). The van der Waals surface area contributed by atoms with E-state index in [9.17, 15) is 9.18 Å². The van der Waals surface area contributed by atoms with Gasteiger partial charge in [-0.3, -0.25) is 4.79 Å². The third-order valence-electron chi connectivity index (χ3n) is 4.52. The molecule has 0 radical (unpaired) electrons. The lowest BCUT2D eigenvalue weighted by molar-refractivity contribution is 0.0947. The van der Waals surface area contributed by atoms with Gasteiger partial charge in [0.05, 0.1) is 11.6 Å². The highest BCUT2D eigenvalue weighted by molar-refractivity contribution is 5.94. The molecule has 0 aliphatic carbocycles. The third kappa shape index (κ3) is 3.07. The Hall–Kier alpha value is -2.89. The van der Waals surface area contributed by atoms with E-state index in [2.05, 4.69) is 15.2 Å². The van der Waals surface area contributed by atoms with Crippen LogP contribution >= 0.6 is 0 Å². The molecule has 1 amide bonds. The van der Waals surface area contributed by atoms with Gasteiger partial charge in [-0.05, 0) is 37.1 Å². The van der Waals surface area contributed by atoms with Crippen molar-refractivity contribution < 1.29 is 13.6 Å². The van der Waals surface area contributed by atoms with Gasteiger partial charge in [-0.1, -0.05) is 24.3 Å². The van der Waals surface area contributed by atoms with E-state index >= 15 is 0 Å². The summed E-state index contributed by atoms with van der Waals surface area (Å²) in [5, 5.41) is 2.83. The first-order valence-corrected chi connectivity index (χ1v) is 8.37. The predicted octanol–water partition coefficient (Wildman–Crippen LogP) is 3.37. The average molecular weight is 339 g/mol. The van der Waals surface area contributed by atoms with Crippen molar-refractivity contribution in [2.45, 2.75) is 18.9 Å². The van der Waals surface area contributed by atoms with Crippen LogP contribution in [0, 0.1) is 5.82 Å². The average Bonchev–Trinajstić information content (AvgIpc) is 3.26. The van der Waals surface area contributed by atoms with Crippen molar-refractivity contribution in [1.82, 2.24) is 10.3 Å². The van der Waals surface area contributed by atoms with E-state index in [0.717, 1.165) is 30.5 Å². The number of amides is 1. The molecule has 5 nitrogen and oxygen atoms in total. The lowest BCUT2D eigenvalue weighted by Gasteiger charge is -2.23. The van der Waals surface area contributed by atoms with Gasteiger partial charge in [-0.15, -0.1) is 0 Å². The number of halogens is 1. The van der Waals surface area contributed by atoms with Gasteiger partial charge in [-0.2, -0.15) is 4.98 Å². The molecule has 1 atom stereocenters. The third-order valence-corrected chi connectivity index (χ3v) is 4.52. The summed E-state index contributed by atoms with van der Waals surface area (Å²) in [7, 11) is 0. The first-order valence-electron chi connectivity index (χ1n) is 8.37. The topological polar surface area (TPSA) is 58.4 Å². The van der Waals surface area contributed by atoms with Crippen LogP contribution in [0.5, 0.6) is 0 Å². The highest BCUT2D eigenvalue weighted by atomic mass is 19.1. The molecule has 1 aromatic heterocycles. The number of carbonyl (C=O) groups is 1. The van der Waals surface area contributed by atoms with Crippen molar-refractivity contribution >= 4 is 23.0 Å². The molecule has 1 saturated heterocycles. The summed E-state index contributed by atoms with van der Waals surface area (Å²) in [6.45, 7) is 1.25. The van der Waals surface area contributed by atoms with Gasteiger partial charge in [0, 0.05) is 13.1 Å². The number of nitrogens with zero attached hydrogens (tertiary/aromatic N) is 2. The van der Waals surface area contributed by atoms with Crippen LogP contribution in [0.4, 0.5) is 10.4 Å². The Kier molecular flexibility index (Phi) is 4.09. The molecule has 2 aromatic carbocycles. The Balaban J connectivity index is 1.46. The second-order valence-corrected chi connectivity index (χ2v) is 6.14. The molecule has 6 heteroatoms. The number of anilines is 1. The first kappa shape index (κ1) is 15.6. The summed E-state index contributed by atoms with van der Waals surface area (Å²) in [5.41, 5.74) is 1.63. The molecule has 0 bridgehead atoms. The fraction of sp³-hybridized carbons (Fsp3) is 0.263. The van der Waals surface area contributed by atoms with Crippen molar-refractivity contribution in [3.63, 3.8) is 0 Å². The summed E-state index contributed by atoms with van der Waals surface area (Å²) < 4.78 is 19.5. The van der Waals surface area contributed by atoms with Crippen LogP contribution < -0.4 is 10.2 Å². The lowest BCUT2D eigenvalue weighted by atomic mass is 10.2. The summed E-state index contributed by atoms with van der Waals surface area (Å²) in [5.74, 6) is -0.912. The minimum Gasteiger partial charge on any atom is -0.423 e. The quantitative estimate of drug-likeness (QED) is 0.792. The second kappa shape index (κ2) is 6.55. The second-order valence-electron chi connectivity index (χ2n) is 6.14. The van der Waals surface area contributed by atoms with Gasteiger partial charge in [0.25, 0.3) is 11.9 Å². The molecule has 3 aromatic rings. The van der Waals surface area contributed by atoms with Crippen molar-refractivity contribution in [3.8, 4) is 0 Å². The fourth-order valence-corrected chi connectivity index (χ4v) is 3.23. The van der Waals surface area contributed by atoms with Crippen molar-refractivity contribution in [3.05, 3.63) is 59.9 Å². The van der Waals surface area contributed by atoms with E-state index in [0.29, 0.717) is 12.6 Å². The summed E-state index contributed by atoms with van der Waals surface area (Å²) in [6, 6.07) is 14.3. The maximum atomic E-state index is 13.7. The van der Waals surface area contributed by atoms with Gasteiger partial charge in [0.15, 0.2) is 5.58 Å². The Morgan fingerprint density at radius 3 is 2.88 bits per heavy atom. The van der Waals surface area contributed by atoms with Crippen LogP contribution in [0.1, 0.15) is 23.2 Å². The Bertz CT molecular complexity index is 875. The first-order chi connectivity index (χ1) is 12.2. The molecule has 128 valence electrons. The van der Waals surface area contributed by atoms with E-state index in [4.69, 9.17) is 4.42 Å². The molecule has 25 heavy (non-hydrogen) atoms. The molecular weight excluding hydrogens is 321 g/mol. The highest BCUT2D eigenvalue weighted by Crippen LogP contribution is 2.28. The van der Waals surface area contributed by atoms with Crippen molar-refractivity contribution in [1.29, 1.82) is 0 Å². The molecule has 1 aliphatic rings. The van der Waals surface area contributed by atoms with Gasteiger partial charge < -0.3 is 14.6 Å². The molecule has 0 saturated carbocycles. The van der Waals surface area contributed by atoms with Gasteiger partial charge >= 0.3 is 0 Å². The molecule has 1 aliphatic heterocycles. The van der Waals surface area contributed by atoms with Crippen molar-refractivity contribution in [2.75, 3.05) is 18.0 Å². The number of para-hydroxylation sites is 2. The zero-order valence-electron chi connectivity index (χ0n) is 13.6. The number of carbonyl (C=O) groups excluding carboxylic acids is 1. The maximum Gasteiger partial charge on any atom is 0.298 e. The van der Waals surface area contributed by atoms with Gasteiger partial charge in [0.1, 0.15) is 11.3 Å². The van der Waals surface area contributed by atoms with Crippen LogP contribution in [-0.4, -0.2) is 30.0 Å². The number of rotatable bonds is 4. The molecule has 1 N–H and O–H groups in total. The van der Waals surface area contributed by atoms with E-state index in [1.807, 2.05) is 24.3 Å². The van der Waals surface area contributed by atoms with Gasteiger partial charge in [0.2, 0.25) is 0 Å². The number of fused-ring (bicyclic) bond motifs is 1. The largest absolute Gasteiger partial charge is 0.423 e. The smallest absolute Gasteiger partial charge is 0.298 e. The summed E-state index contributed by atoms with van der Waals surface area (Å²) in [6.07, 6.45) is 1.93. The minimum absolute atomic E-state index is 0.0638. The summed E-state index contributed by atoms with van der Waals surface area (Å²) in [4.78, 5) is 18.8. The normalized spacial score (nSPS) is 17.2. The molecular formula is C19H18FN3O2. The van der Waals surface area contributed by atoms with E-state index in [-0.39, 0.29) is 11.6 Å². The molecule has 1 unspecified atom stereocenters. The fourth-order valence-electron chi connectivity index (χ4n) is 3.23. The zero-order chi connectivity index (χ0) is 17.2. The Morgan fingerprint density at radius 2 is 2.04 bits per heavy atom. The summed E-state index contributed by atoms with van der Waals surface area (Å²) >= 11 is 0. The van der Waals surface area contributed by atoms with Crippen LogP contribution in [0.25, 0.3) is 11.1 Å². The highest BCUT2D eigenvalue weighted by Gasteiger charge is 2.29. The number of nitrogens with one attached hydrogen (secondary N) is 1. The van der Waals surface area contributed by atoms with Crippen LogP contribution in [-0.2, 0) is 0 Å². The number of hydrogen-bond donors (Lipinski definition) is 1. The lowest BCUT2D eigenvalue weighted by Crippen LogP contribution is -2.40. The van der Waals surface area contributed by atoms with Gasteiger partial charge in [-0.25, -0.2) is 4.39 Å². The van der Waals surface area contributed by atoms with E-state index in [1.54, 1.807) is 12.1 Å². The van der Waals surface area contributed by atoms with E-state index < -0.39 is 11.7 Å². The zero-order valence-corrected chi connectivity index (χ0v) is 13.6. The standard InChI is InChI=1S/C19H18FN3O2/c20-15-8-2-1-7-14(15)18(24)21-12-13-6-5-11-23(13)19-22-16-9-3-4-10-17(16)25-19/h1-4,7-10,13H,5-6,11-12H2,(H,21,24). The van der Waals surface area contributed by atoms with Crippen molar-refractivity contribution in [2.24, 2.45) is 0 Å². The van der Waals surface area contributed by atoms with Crippen LogP contribution in [0.3, 0.4) is 0 Å². The van der Waals surface area contributed by atoms with E-state index in [1.165, 1.54) is 12.1 Å². The molecule has 2 heterocycles. The predicted molar refractivity (Wildman–Crippen MR) is 93.1 cm³/mol. The maximum absolute atomic E-state index is 13.7. The monoisotopic (exact) mass is 339 g/mol. The van der Waals surface area contributed by atoms with Crippen LogP contribution in [0.15, 0.2) is 52.9 Å². The number of oxazole rings is 1. The number of aromatic nitrogens is 1.